The highest BCUT2D eigenvalue weighted by Gasteiger charge is 2.39. The normalized spacial score (nSPS) is 27.1. The van der Waals surface area contributed by atoms with Gasteiger partial charge >= 0.3 is 0 Å². The van der Waals surface area contributed by atoms with E-state index in [2.05, 4.69) is 38.3 Å². The third kappa shape index (κ3) is 2.97. The minimum atomic E-state index is -0.142. The first-order valence-electron chi connectivity index (χ1n) is 6.51. The van der Waals surface area contributed by atoms with Gasteiger partial charge in [0.05, 0.1) is 5.41 Å². The van der Waals surface area contributed by atoms with Crippen molar-refractivity contribution in [1.82, 2.24) is 10.6 Å². The first-order chi connectivity index (χ1) is 7.52. The molecule has 2 atom stereocenters. The van der Waals surface area contributed by atoms with Crippen LogP contribution in [0.5, 0.6) is 0 Å². The molecule has 1 saturated heterocycles. The van der Waals surface area contributed by atoms with Gasteiger partial charge in [0, 0.05) is 13.1 Å². The molecule has 1 aliphatic rings. The van der Waals surface area contributed by atoms with Gasteiger partial charge in [0.15, 0.2) is 0 Å². The molecule has 0 aromatic carbocycles. The van der Waals surface area contributed by atoms with E-state index in [9.17, 15) is 4.79 Å². The van der Waals surface area contributed by atoms with Gasteiger partial charge < -0.3 is 10.6 Å². The lowest BCUT2D eigenvalue weighted by Gasteiger charge is -2.26. The van der Waals surface area contributed by atoms with Crippen molar-refractivity contribution < 1.29 is 4.79 Å². The van der Waals surface area contributed by atoms with Gasteiger partial charge in [-0.3, -0.25) is 4.79 Å². The molecule has 0 aromatic heterocycles. The fourth-order valence-corrected chi connectivity index (χ4v) is 2.08. The lowest BCUT2D eigenvalue weighted by molar-refractivity contribution is -0.130. The van der Waals surface area contributed by atoms with Gasteiger partial charge in [-0.25, -0.2) is 0 Å². The van der Waals surface area contributed by atoms with E-state index in [0.29, 0.717) is 11.8 Å². The number of carbonyl (C=O) groups is 1. The number of rotatable bonds is 5. The van der Waals surface area contributed by atoms with Crippen LogP contribution in [0.15, 0.2) is 0 Å². The summed E-state index contributed by atoms with van der Waals surface area (Å²) in [5.74, 6) is 1.42. The zero-order valence-electron chi connectivity index (χ0n) is 11.1. The smallest absolute Gasteiger partial charge is 0.227 e. The Labute approximate surface area is 99.4 Å². The molecule has 3 heteroatoms. The predicted octanol–water partition coefficient (Wildman–Crippen LogP) is 1.78. The van der Waals surface area contributed by atoms with Gasteiger partial charge in [-0.05, 0) is 31.2 Å². The van der Waals surface area contributed by atoms with Crippen LogP contribution in [-0.2, 0) is 4.79 Å². The standard InChI is InChI=1S/C13H26N2O/c1-5-13(6-7-14-9-13)12(16)15-8-11(4)10(2)3/h10-11,14H,5-9H2,1-4H3,(H,15,16). The molecule has 0 aliphatic carbocycles. The number of hydrogen-bond donors (Lipinski definition) is 2. The third-order valence-corrected chi connectivity index (χ3v) is 4.12. The average Bonchev–Trinajstić information content (AvgIpc) is 2.74. The average molecular weight is 226 g/mol. The van der Waals surface area contributed by atoms with Crippen LogP contribution in [0.2, 0.25) is 0 Å². The Morgan fingerprint density at radius 3 is 2.56 bits per heavy atom. The second-order valence-corrected chi connectivity index (χ2v) is 5.49. The summed E-state index contributed by atoms with van der Waals surface area (Å²) in [5, 5.41) is 6.41. The Morgan fingerprint density at radius 1 is 1.44 bits per heavy atom. The summed E-state index contributed by atoms with van der Waals surface area (Å²) in [5.41, 5.74) is -0.142. The van der Waals surface area contributed by atoms with Crippen molar-refractivity contribution in [1.29, 1.82) is 0 Å². The maximum Gasteiger partial charge on any atom is 0.227 e. The Kier molecular flexibility index (Phi) is 4.78. The SMILES string of the molecule is CCC1(C(=O)NCC(C)C(C)C)CCNC1. The van der Waals surface area contributed by atoms with Crippen LogP contribution in [0, 0.1) is 17.3 Å². The minimum Gasteiger partial charge on any atom is -0.355 e. The van der Waals surface area contributed by atoms with Crippen LogP contribution in [0.3, 0.4) is 0 Å². The molecule has 0 bridgehead atoms. The fourth-order valence-electron chi connectivity index (χ4n) is 2.08. The van der Waals surface area contributed by atoms with Crippen LogP contribution < -0.4 is 10.6 Å². The van der Waals surface area contributed by atoms with E-state index in [1.165, 1.54) is 0 Å². The molecule has 0 aromatic rings. The molecule has 2 N–H and O–H groups in total. The van der Waals surface area contributed by atoms with Crippen LogP contribution >= 0.6 is 0 Å². The van der Waals surface area contributed by atoms with Crippen molar-refractivity contribution >= 4 is 5.91 Å². The Hall–Kier alpha value is -0.570. The Morgan fingerprint density at radius 2 is 2.12 bits per heavy atom. The summed E-state index contributed by atoms with van der Waals surface area (Å²) in [7, 11) is 0. The molecule has 0 spiro atoms. The van der Waals surface area contributed by atoms with E-state index < -0.39 is 0 Å². The molecule has 0 saturated carbocycles. The lowest BCUT2D eigenvalue weighted by Crippen LogP contribution is -2.44. The summed E-state index contributed by atoms with van der Waals surface area (Å²) >= 11 is 0. The molecular weight excluding hydrogens is 200 g/mol. The van der Waals surface area contributed by atoms with Crippen molar-refractivity contribution in [2.45, 2.75) is 40.5 Å². The van der Waals surface area contributed by atoms with Crippen LogP contribution in [0.25, 0.3) is 0 Å². The van der Waals surface area contributed by atoms with Gasteiger partial charge in [-0.2, -0.15) is 0 Å². The van der Waals surface area contributed by atoms with Crippen LogP contribution in [0.1, 0.15) is 40.5 Å². The van der Waals surface area contributed by atoms with Crippen molar-refractivity contribution in [3.8, 4) is 0 Å². The van der Waals surface area contributed by atoms with E-state index in [1.807, 2.05) is 0 Å². The molecule has 1 fully saturated rings. The highest BCUT2D eigenvalue weighted by atomic mass is 16.2. The highest BCUT2D eigenvalue weighted by molar-refractivity contribution is 5.83. The predicted molar refractivity (Wildman–Crippen MR) is 67.2 cm³/mol. The Bertz CT molecular complexity index is 232. The molecule has 1 aliphatic heterocycles. The highest BCUT2D eigenvalue weighted by Crippen LogP contribution is 2.29. The largest absolute Gasteiger partial charge is 0.355 e. The van der Waals surface area contributed by atoms with Gasteiger partial charge in [-0.1, -0.05) is 27.7 Å². The first-order valence-corrected chi connectivity index (χ1v) is 6.51. The van der Waals surface area contributed by atoms with E-state index in [-0.39, 0.29) is 11.3 Å². The summed E-state index contributed by atoms with van der Waals surface area (Å²) < 4.78 is 0. The van der Waals surface area contributed by atoms with E-state index in [4.69, 9.17) is 0 Å². The Balaban J connectivity index is 2.45. The molecule has 1 heterocycles. The summed E-state index contributed by atoms with van der Waals surface area (Å²) in [6.45, 7) is 11.3. The quantitative estimate of drug-likeness (QED) is 0.750. The molecule has 1 amide bonds. The monoisotopic (exact) mass is 226 g/mol. The van der Waals surface area contributed by atoms with E-state index >= 15 is 0 Å². The molecule has 2 unspecified atom stereocenters. The van der Waals surface area contributed by atoms with Crippen molar-refractivity contribution in [3.63, 3.8) is 0 Å². The molecule has 3 nitrogen and oxygen atoms in total. The summed E-state index contributed by atoms with van der Waals surface area (Å²) in [6, 6.07) is 0. The first kappa shape index (κ1) is 13.5. The number of amides is 1. The second kappa shape index (κ2) is 5.67. The lowest BCUT2D eigenvalue weighted by atomic mass is 9.83. The minimum absolute atomic E-state index is 0.142. The van der Waals surface area contributed by atoms with E-state index in [1.54, 1.807) is 0 Å². The fraction of sp³-hybridized carbons (Fsp3) is 0.923. The number of nitrogens with one attached hydrogen (secondary N) is 2. The van der Waals surface area contributed by atoms with Gasteiger partial charge in [0.2, 0.25) is 5.91 Å². The van der Waals surface area contributed by atoms with Crippen molar-refractivity contribution in [2.24, 2.45) is 17.3 Å². The molecule has 16 heavy (non-hydrogen) atoms. The topological polar surface area (TPSA) is 41.1 Å². The van der Waals surface area contributed by atoms with Crippen LogP contribution in [-0.4, -0.2) is 25.5 Å². The molecule has 0 radical (unpaired) electrons. The zero-order valence-corrected chi connectivity index (χ0v) is 11.1. The van der Waals surface area contributed by atoms with Crippen molar-refractivity contribution in [3.05, 3.63) is 0 Å². The third-order valence-electron chi connectivity index (χ3n) is 4.12. The number of hydrogen-bond acceptors (Lipinski definition) is 2. The summed E-state index contributed by atoms with van der Waals surface area (Å²) in [6.07, 6.45) is 1.91. The van der Waals surface area contributed by atoms with Gasteiger partial charge in [0.1, 0.15) is 0 Å². The van der Waals surface area contributed by atoms with Gasteiger partial charge in [-0.15, -0.1) is 0 Å². The van der Waals surface area contributed by atoms with E-state index in [0.717, 1.165) is 32.5 Å². The van der Waals surface area contributed by atoms with Crippen molar-refractivity contribution in [2.75, 3.05) is 19.6 Å². The second-order valence-electron chi connectivity index (χ2n) is 5.49. The molecular formula is C13H26N2O. The summed E-state index contributed by atoms with van der Waals surface area (Å²) in [4.78, 5) is 12.2. The molecule has 1 rings (SSSR count). The maximum atomic E-state index is 12.2. The zero-order chi connectivity index (χ0) is 12.2. The van der Waals surface area contributed by atoms with Gasteiger partial charge in [0.25, 0.3) is 0 Å². The van der Waals surface area contributed by atoms with Crippen LogP contribution in [0.4, 0.5) is 0 Å². The maximum absolute atomic E-state index is 12.2. The molecule has 94 valence electrons. The number of carbonyl (C=O) groups excluding carboxylic acids is 1.